The third-order valence-corrected chi connectivity index (χ3v) is 6.17. The highest BCUT2D eigenvalue weighted by Crippen LogP contribution is 2.15. The van der Waals surface area contributed by atoms with E-state index in [4.69, 9.17) is 0 Å². The molecule has 5 heteroatoms. The van der Waals surface area contributed by atoms with Crippen LogP contribution in [0.25, 0.3) is 0 Å². The van der Waals surface area contributed by atoms with Crippen LogP contribution in [0.5, 0.6) is 0 Å². The van der Waals surface area contributed by atoms with Crippen molar-refractivity contribution in [3.8, 4) is 0 Å². The first kappa shape index (κ1) is 30.4. The zero-order valence-electron chi connectivity index (χ0n) is 20.6. The van der Waals surface area contributed by atoms with Crippen LogP contribution in [0.2, 0.25) is 0 Å². The number of carbonyl (C=O) groups excluding carboxylic acids is 1. The highest BCUT2D eigenvalue weighted by atomic mass is 16.5. The van der Waals surface area contributed by atoms with Crippen LogP contribution in [-0.2, 0) is 4.79 Å². The van der Waals surface area contributed by atoms with Crippen molar-refractivity contribution in [3.05, 3.63) is 0 Å². The van der Waals surface area contributed by atoms with Crippen LogP contribution < -0.4 is 5.32 Å². The molecule has 0 aliphatic heterocycles. The molecule has 0 aromatic rings. The normalized spacial score (nSPS) is 13.5. The van der Waals surface area contributed by atoms with Gasteiger partial charge in [-0.15, -0.1) is 0 Å². The average molecular weight is 444 g/mol. The van der Waals surface area contributed by atoms with Crippen molar-refractivity contribution in [1.29, 1.82) is 0 Å². The monoisotopic (exact) mass is 443 g/mol. The summed E-state index contributed by atoms with van der Waals surface area (Å²) in [6.07, 6.45) is 19.9. The molecule has 0 saturated heterocycles. The maximum absolute atomic E-state index is 12.0. The molecular weight excluding hydrogens is 390 g/mol. The molecule has 0 spiro atoms. The van der Waals surface area contributed by atoms with Crippen molar-refractivity contribution in [2.75, 3.05) is 0 Å². The molecule has 0 saturated carbocycles. The molecule has 0 aromatic heterocycles. The molecule has 0 aliphatic carbocycles. The Morgan fingerprint density at radius 1 is 0.613 bits per heavy atom. The second kappa shape index (κ2) is 22.5. The van der Waals surface area contributed by atoms with Crippen molar-refractivity contribution in [1.82, 2.24) is 5.32 Å². The first-order valence-corrected chi connectivity index (χ1v) is 13.4. The third kappa shape index (κ3) is 19.7. The van der Waals surface area contributed by atoms with Gasteiger partial charge < -0.3 is 20.6 Å². The smallest absolute Gasteiger partial charge is 0.220 e. The summed E-state index contributed by atoms with van der Waals surface area (Å²) < 4.78 is 0. The molecule has 0 rings (SSSR count). The summed E-state index contributed by atoms with van der Waals surface area (Å²) in [4.78, 5) is 12.0. The summed E-state index contributed by atoms with van der Waals surface area (Å²) in [6.45, 7) is 4.41. The Morgan fingerprint density at radius 2 is 1.00 bits per heavy atom. The molecule has 0 radical (unpaired) electrons. The van der Waals surface area contributed by atoms with Gasteiger partial charge in [-0.25, -0.2) is 0 Å². The number of nitrogens with one attached hydrogen (secondary N) is 1. The summed E-state index contributed by atoms with van der Waals surface area (Å²) in [7, 11) is 0. The molecule has 1 amide bonds. The minimum atomic E-state index is -1.74. The largest absolute Gasteiger partial charge is 0.391 e. The Morgan fingerprint density at radius 3 is 1.42 bits per heavy atom. The molecule has 0 heterocycles. The van der Waals surface area contributed by atoms with Gasteiger partial charge in [0.05, 0.1) is 6.10 Å². The lowest BCUT2D eigenvalue weighted by Crippen LogP contribution is -2.50. The lowest BCUT2D eigenvalue weighted by molar-refractivity contribution is -0.133. The van der Waals surface area contributed by atoms with E-state index in [0.29, 0.717) is 12.8 Å². The second-order valence-electron chi connectivity index (χ2n) is 9.27. The molecule has 0 bridgehead atoms. The highest BCUT2D eigenvalue weighted by Gasteiger charge is 2.26. The van der Waals surface area contributed by atoms with Gasteiger partial charge in [0.2, 0.25) is 5.91 Å². The zero-order chi connectivity index (χ0) is 23.2. The Balaban J connectivity index is 3.72. The van der Waals surface area contributed by atoms with Crippen LogP contribution >= 0.6 is 0 Å². The zero-order valence-corrected chi connectivity index (χ0v) is 20.6. The Labute approximate surface area is 192 Å². The van der Waals surface area contributed by atoms with Crippen molar-refractivity contribution in [2.24, 2.45) is 0 Å². The second-order valence-corrected chi connectivity index (χ2v) is 9.27. The number of hydrogen-bond donors (Lipinski definition) is 4. The van der Waals surface area contributed by atoms with E-state index in [-0.39, 0.29) is 5.91 Å². The van der Waals surface area contributed by atoms with E-state index in [2.05, 4.69) is 19.2 Å². The number of unbranched alkanes of at least 4 members (excludes halogenated alkanes) is 16. The van der Waals surface area contributed by atoms with Crippen LogP contribution in [0.15, 0.2) is 0 Å². The number of hydrogen-bond acceptors (Lipinski definition) is 4. The van der Waals surface area contributed by atoms with Gasteiger partial charge in [-0.3, -0.25) is 4.79 Å². The molecule has 5 nitrogen and oxygen atoms in total. The lowest BCUT2D eigenvalue weighted by atomic mass is 10.0. The number of aliphatic hydroxyl groups excluding tert-OH is 2. The van der Waals surface area contributed by atoms with Gasteiger partial charge in [-0.1, -0.05) is 123 Å². The minimum absolute atomic E-state index is 0.209. The van der Waals surface area contributed by atoms with E-state index in [9.17, 15) is 20.1 Å². The minimum Gasteiger partial charge on any atom is -0.391 e. The van der Waals surface area contributed by atoms with E-state index in [0.717, 1.165) is 44.9 Å². The number of carbonyl (C=O) groups is 1. The molecule has 2 atom stereocenters. The topological polar surface area (TPSA) is 89.8 Å². The Hall–Kier alpha value is -0.650. The predicted octanol–water partition coefficient (Wildman–Crippen LogP) is 5.98. The van der Waals surface area contributed by atoms with Crippen molar-refractivity contribution >= 4 is 5.91 Å². The van der Waals surface area contributed by atoms with E-state index in [1.807, 2.05) is 0 Å². The van der Waals surface area contributed by atoms with Crippen molar-refractivity contribution in [2.45, 2.75) is 161 Å². The molecular formula is C26H53NO4. The fourth-order valence-corrected chi connectivity index (χ4v) is 4.07. The maximum Gasteiger partial charge on any atom is 0.220 e. The summed E-state index contributed by atoms with van der Waals surface area (Å²) in [5.41, 5.74) is 0. The van der Waals surface area contributed by atoms with Crippen LogP contribution in [0.3, 0.4) is 0 Å². The third-order valence-electron chi connectivity index (χ3n) is 6.17. The molecule has 4 N–H and O–H groups in total. The predicted molar refractivity (Wildman–Crippen MR) is 130 cm³/mol. The highest BCUT2D eigenvalue weighted by molar-refractivity contribution is 5.76. The number of aliphatic hydroxyl groups is 3. The summed E-state index contributed by atoms with van der Waals surface area (Å²) in [5.74, 6) is -0.209. The molecule has 0 aliphatic rings. The fourth-order valence-electron chi connectivity index (χ4n) is 4.07. The summed E-state index contributed by atoms with van der Waals surface area (Å²) in [5, 5.41) is 32.0. The van der Waals surface area contributed by atoms with Crippen molar-refractivity contribution in [3.63, 3.8) is 0 Å². The quantitative estimate of drug-likeness (QED) is 0.115. The summed E-state index contributed by atoms with van der Waals surface area (Å²) >= 11 is 0. The molecule has 0 fully saturated rings. The SMILES string of the molecule is CCCCCCCCCCCCCCC[C@@H](O)[C@@H](NC(=O)CCCCCCC)C(O)O. The van der Waals surface area contributed by atoms with E-state index >= 15 is 0 Å². The first-order valence-electron chi connectivity index (χ1n) is 13.4. The molecule has 31 heavy (non-hydrogen) atoms. The lowest BCUT2D eigenvalue weighted by Gasteiger charge is -2.25. The maximum atomic E-state index is 12.0. The van der Waals surface area contributed by atoms with Crippen LogP contribution in [-0.4, -0.2) is 39.7 Å². The molecule has 0 aromatic carbocycles. The average Bonchev–Trinajstić information content (AvgIpc) is 2.74. The summed E-state index contributed by atoms with van der Waals surface area (Å²) in [6, 6.07) is -1.000. The van der Waals surface area contributed by atoms with Gasteiger partial charge in [-0.2, -0.15) is 0 Å². The standard InChI is InChI=1S/C26H53NO4/c1-3-5-7-9-10-11-12-13-14-15-16-18-19-21-23(28)25(26(30)31)27-24(29)22-20-17-8-6-4-2/h23,25-26,28,30-31H,3-22H2,1-2H3,(H,27,29)/t23-,25-/m1/s1. The van der Waals surface area contributed by atoms with E-state index in [1.165, 1.54) is 70.6 Å². The van der Waals surface area contributed by atoms with Gasteiger partial charge in [0, 0.05) is 6.42 Å². The first-order chi connectivity index (χ1) is 15.0. The van der Waals surface area contributed by atoms with Crippen molar-refractivity contribution < 1.29 is 20.1 Å². The molecule has 186 valence electrons. The van der Waals surface area contributed by atoms with Gasteiger partial charge >= 0.3 is 0 Å². The molecule has 0 unspecified atom stereocenters. The number of rotatable bonds is 23. The van der Waals surface area contributed by atoms with Gasteiger partial charge in [0.1, 0.15) is 6.04 Å². The van der Waals surface area contributed by atoms with Crippen LogP contribution in [0.4, 0.5) is 0 Å². The van der Waals surface area contributed by atoms with Gasteiger partial charge in [0.25, 0.3) is 0 Å². The van der Waals surface area contributed by atoms with Crippen LogP contribution in [0, 0.1) is 0 Å². The number of amides is 1. The van der Waals surface area contributed by atoms with Gasteiger partial charge in [0.15, 0.2) is 6.29 Å². The van der Waals surface area contributed by atoms with Crippen LogP contribution in [0.1, 0.15) is 142 Å². The fraction of sp³-hybridized carbons (Fsp3) is 0.962. The van der Waals surface area contributed by atoms with E-state index < -0.39 is 18.4 Å². The Bertz CT molecular complexity index is 390. The van der Waals surface area contributed by atoms with Gasteiger partial charge in [-0.05, 0) is 12.8 Å². The Kier molecular flexibility index (Phi) is 22.1. The van der Waals surface area contributed by atoms with E-state index in [1.54, 1.807) is 0 Å².